The number of hydrogen-bond donors (Lipinski definition) is 3. The molecule has 0 radical (unpaired) electrons. The van der Waals surface area contributed by atoms with Crippen LogP contribution in [0.15, 0.2) is 0 Å². The van der Waals surface area contributed by atoms with Crippen LogP contribution in [0.5, 0.6) is 0 Å². The van der Waals surface area contributed by atoms with Crippen molar-refractivity contribution in [1.82, 2.24) is 0 Å². The standard InChI is InChI=1S/C43H85O10P/c1-3-5-7-9-11-13-14-15-16-17-18-19-20-21-22-23-24-25-27-29-31-33-35-43(47)53-41(37-45)39-51-54(48,49)50-38-40(36-44)52-42(46)34-32-30-28-26-12-10-8-6-4-2/h40-41,44-45H,3-39H2,1-2H3,(H,48,49). The van der Waals surface area contributed by atoms with E-state index in [1.807, 2.05) is 0 Å². The van der Waals surface area contributed by atoms with Crippen LogP contribution in [0.2, 0.25) is 0 Å². The van der Waals surface area contributed by atoms with E-state index in [0.29, 0.717) is 12.8 Å². The average Bonchev–Trinajstić information content (AvgIpc) is 3.16. The van der Waals surface area contributed by atoms with Crippen LogP contribution in [-0.2, 0) is 32.7 Å². The zero-order chi connectivity index (χ0) is 39.8. The molecule has 322 valence electrons. The lowest BCUT2D eigenvalue weighted by atomic mass is 10.0. The Bertz CT molecular complexity index is 873. The maximum absolute atomic E-state index is 12.3. The normalized spacial score (nSPS) is 13.8. The molecule has 54 heavy (non-hydrogen) atoms. The van der Waals surface area contributed by atoms with Crippen LogP contribution in [0.3, 0.4) is 0 Å². The van der Waals surface area contributed by atoms with E-state index in [9.17, 15) is 29.3 Å². The van der Waals surface area contributed by atoms with Gasteiger partial charge in [-0.1, -0.05) is 200 Å². The molecule has 0 aromatic rings. The fraction of sp³-hybridized carbons (Fsp3) is 0.953. The van der Waals surface area contributed by atoms with Gasteiger partial charge in [0.25, 0.3) is 0 Å². The van der Waals surface area contributed by atoms with E-state index in [4.69, 9.17) is 18.5 Å². The van der Waals surface area contributed by atoms with Crippen LogP contribution in [0.4, 0.5) is 0 Å². The van der Waals surface area contributed by atoms with Crippen molar-refractivity contribution in [3.8, 4) is 0 Å². The highest BCUT2D eigenvalue weighted by atomic mass is 31.2. The number of carbonyl (C=O) groups is 2. The van der Waals surface area contributed by atoms with Gasteiger partial charge in [0, 0.05) is 12.8 Å². The first kappa shape index (κ1) is 53.0. The van der Waals surface area contributed by atoms with Crippen LogP contribution in [0.1, 0.15) is 226 Å². The lowest BCUT2D eigenvalue weighted by Gasteiger charge is -2.20. The third-order valence-corrected chi connectivity index (χ3v) is 11.0. The first-order valence-corrected chi connectivity index (χ1v) is 24.0. The second kappa shape index (κ2) is 40.2. The fourth-order valence-corrected chi connectivity index (χ4v) is 7.37. The second-order valence-electron chi connectivity index (χ2n) is 15.4. The molecular weight excluding hydrogens is 707 g/mol. The summed E-state index contributed by atoms with van der Waals surface area (Å²) in [7, 11) is -4.62. The molecule has 0 bridgehead atoms. The van der Waals surface area contributed by atoms with E-state index in [0.717, 1.165) is 38.5 Å². The molecule has 0 saturated carbocycles. The summed E-state index contributed by atoms with van der Waals surface area (Å²) in [5.74, 6) is -1.01. The molecule has 0 aliphatic rings. The highest BCUT2D eigenvalue weighted by Gasteiger charge is 2.27. The minimum Gasteiger partial charge on any atom is -0.457 e. The Morgan fingerprint density at radius 1 is 0.426 bits per heavy atom. The molecule has 3 atom stereocenters. The van der Waals surface area contributed by atoms with Crippen molar-refractivity contribution in [2.45, 2.75) is 238 Å². The van der Waals surface area contributed by atoms with Crippen LogP contribution in [-0.4, -0.2) is 65.7 Å². The minimum absolute atomic E-state index is 0.197. The number of rotatable bonds is 43. The zero-order valence-electron chi connectivity index (χ0n) is 35.0. The van der Waals surface area contributed by atoms with Crippen LogP contribution >= 0.6 is 7.82 Å². The first-order valence-electron chi connectivity index (χ1n) is 22.5. The van der Waals surface area contributed by atoms with Gasteiger partial charge in [0.15, 0.2) is 0 Å². The van der Waals surface area contributed by atoms with Gasteiger partial charge in [0.05, 0.1) is 26.4 Å². The van der Waals surface area contributed by atoms with Crippen LogP contribution in [0, 0.1) is 0 Å². The van der Waals surface area contributed by atoms with Crippen molar-refractivity contribution in [3.05, 3.63) is 0 Å². The summed E-state index contributed by atoms with van der Waals surface area (Å²) >= 11 is 0. The molecule has 0 spiro atoms. The molecule has 10 nitrogen and oxygen atoms in total. The number of phosphoric acid groups is 1. The summed E-state index contributed by atoms with van der Waals surface area (Å²) in [5.41, 5.74) is 0. The molecule has 0 aromatic heterocycles. The minimum atomic E-state index is -4.62. The van der Waals surface area contributed by atoms with E-state index >= 15 is 0 Å². The van der Waals surface area contributed by atoms with Crippen molar-refractivity contribution in [2.75, 3.05) is 26.4 Å². The van der Waals surface area contributed by atoms with E-state index < -0.39 is 58.4 Å². The zero-order valence-corrected chi connectivity index (χ0v) is 35.9. The summed E-state index contributed by atoms with van der Waals surface area (Å²) in [4.78, 5) is 34.4. The molecule has 0 aromatic carbocycles. The average molecular weight is 793 g/mol. The number of aliphatic hydroxyl groups excluding tert-OH is 2. The van der Waals surface area contributed by atoms with Gasteiger partial charge >= 0.3 is 19.8 Å². The number of unbranched alkanes of at least 4 members (excludes halogenated alkanes) is 29. The Labute approximate surface area is 331 Å². The van der Waals surface area contributed by atoms with Gasteiger partial charge in [-0.3, -0.25) is 18.6 Å². The van der Waals surface area contributed by atoms with Crippen molar-refractivity contribution in [1.29, 1.82) is 0 Å². The Morgan fingerprint density at radius 2 is 0.648 bits per heavy atom. The first-order chi connectivity index (χ1) is 26.3. The van der Waals surface area contributed by atoms with E-state index in [-0.39, 0.29) is 12.8 Å². The molecule has 0 aliphatic carbocycles. The van der Waals surface area contributed by atoms with E-state index in [2.05, 4.69) is 13.8 Å². The fourth-order valence-electron chi connectivity index (χ4n) is 6.59. The number of phosphoric ester groups is 1. The Morgan fingerprint density at radius 3 is 0.870 bits per heavy atom. The van der Waals surface area contributed by atoms with Crippen molar-refractivity contribution in [3.63, 3.8) is 0 Å². The second-order valence-corrected chi connectivity index (χ2v) is 16.9. The maximum Gasteiger partial charge on any atom is 0.472 e. The van der Waals surface area contributed by atoms with Gasteiger partial charge in [-0.2, -0.15) is 0 Å². The molecule has 3 N–H and O–H groups in total. The number of ether oxygens (including phenoxy) is 2. The van der Waals surface area contributed by atoms with Crippen molar-refractivity contribution >= 4 is 19.8 Å². The Kier molecular flexibility index (Phi) is 39.4. The number of hydrogen-bond acceptors (Lipinski definition) is 9. The van der Waals surface area contributed by atoms with Crippen molar-refractivity contribution in [2.24, 2.45) is 0 Å². The summed E-state index contributed by atoms with van der Waals surface area (Å²) in [5, 5.41) is 19.1. The van der Waals surface area contributed by atoms with Crippen LogP contribution < -0.4 is 0 Å². The SMILES string of the molecule is CCCCCCCCCCCCCCCCCCCCCCCCC(=O)OC(CO)COP(=O)(O)OCC(CO)OC(=O)CCCCCCCCCCC. The molecule has 11 heteroatoms. The molecule has 0 amide bonds. The highest BCUT2D eigenvalue weighted by Crippen LogP contribution is 2.43. The lowest BCUT2D eigenvalue weighted by Crippen LogP contribution is -2.28. The van der Waals surface area contributed by atoms with Gasteiger partial charge < -0.3 is 24.6 Å². The molecule has 0 rings (SSSR count). The largest absolute Gasteiger partial charge is 0.472 e. The van der Waals surface area contributed by atoms with E-state index in [1.54, 1.807) is 0 Å². The number of carbonyl (C=O) groups excluding carboxylic acids is 2. The molecule has 0 aliphatic heterocycles. The summed E-state index contributed by atoms with van der Waals surface area (Å²) < 4.78 is 32.5. The highest BCUT2D eigenvalue weighted by molar-refractivity contribution is 7.47. The third kappa shape index (κ3) is 37.9. The Balaban J connectivity index is 3.78. The monoisotopic (exact) mass is 793 g/mol. The van der Waals surface area contributed by atoms with Crippen LogP contribution in [0.25, 0.3) is 0 Å². The smallest absolute Gasteiger partial charge is 0.457 e. The molecular formula is C43H85O10P. The maximum atomic E-state index is 12.3. The quantitative estimate of drug-likeness (QED) is 0.0309. The molecule has 3 unspecified atom stereocenters. The lowest BCUT2D eigenvalue weighted by molar-refractivity contribution is -0.153. The summed E-state index contributed by atoms with van der Waals surface area (Å²) in [6.45, 7) is 2.22. The Hall–Kier alpha value is -1.03. The van der Waals surface area contributed by atoms with Crippen molar-refractivity contribution < 1.29 is 47.8 Å². The van der Waals surface area contributed by atoms with Gasteiger partial charge in [0.1, 0.15) is 12.2 Å². The predicted molar refractivity (Wildman–Crippen MR) is 219 cm³/mol. The topological polar surface area (TPSA) is 149 Å². The van der Waals surface area contributed by atoms with Gasteiger partial charge in [-0.25, -0.2) is 4.57 Å². The molecule has 0 saturated heterocycles. The number of esters is 2. The summed E-state index contributed by atoms with van der Waals surface area (Å²) in [6.07, 6.45) is 36.7. The summed E-state index contributed by atoms with van der Waals surface area (Å²) in [6, 6.07) is 0. The van der Waals surface area contributed by atoms with E-state index in [1.165, 1.54) is 148 Å². The predicted octanol–water partition coefficient (Wildman–Crippen LogP) is 11.8. The number of aliphatic hydroxyl groups is 2. The van der Waals surface area contributed by atoms with Gasteiger partial charge in [-0.15, -0.1) is 0 Å². The van der Waals surface area contributed by atoms with Gasteiger partial charge in [0.2, 0.25) is 0 Å². The van der Waals surface area contributed by atoms with Gasteiger partial charge in [-0.05, 0) is 12.8 Å². The molecule has 0 fully saturated rings. The molecule has 0 heterocycles. The third-order valence-electron chi connectivity index (χ3n) is 10.1.